The summed E-state index contributed by atoms with van der Waals surface area (Å²) in [6, 6.07) is 8.75. The van der Waals surface area contributed by atoms with Crippen LogP contribution in [0.25, 0.3) is 0 Å². The SMILES string of the molecule is COC(=O)C(COCc1ccccc1)NC(=O)CCC(N)C(C)C. The van der Waals surface area contributed by atoms with E-state index in [4.69, 9.17) is 15.2 Å². The largest absolute Gasteiger partial charge is 0.467 e. The summed E-state index contributed by atoms with van der Waals surface area (Å²) in [4.78, 5) is 23.8. The van der Waals surface area contributed by atoms with Crippen LogP contribution in [0, 0.1) is 5.92 Å². The summed E-state index contributed by atoms with van der Waals surface area (Å²) in [6.07, 6.45) is 0.841. The number of carbonyl (C=O) groups is 2. The van der Waals surface area contributed by atoms with Crippen molar-refractivity contribution in [2.24, 2.45) is 11.7 Å². The minimum absolute atomic E-state index is 0.0401. The number of esters is 1. The van der Waals surface area contributed by atoms with Gasteiger partial charge in [0, 0.05) is 12.5 Å². The molecule has 134 valence electrons. The number of nitrogens with one attached hydrogen (secondary N) is 1. The number of ether oxygens (including phenoxy) is 2. The highest BCUT2D eigenvalue weighted by Crippen LogP contribution is 2.06. The van der Waals surface area contributed by atoms with Gasteiger partial charge in [-0.3, -0.25) is 4.79 Å². The normalized spacial score (nSPS) is 13.4. The van der Waals surface area contributed by atoms with Gasteiger partial charge in [0.25, 0.3) is 0 Å². The van der Waals surface area contributed by atoms with Gasteiger partial charge in [0.1, 0.15) is 0 Å². The van der Waals surface area contributed by atoms with Gasteiger partial charge < -0.3 is 20.5 Å². The maximum Gasteiger partial charge on any atom is 0.330 e. The summed E-state index contributed by atoms with van der Waals surface area (Å²) in [7, 11) is 1.29. The summed E-state index contributed by atoms with van der Waals surface area (Å²) >= 11 is 0. The zero-order valence-electron chi connectivity index (χ0n) is 14.7. The van der Waals surface area contributed by atoms with Crippen molar-refractivity contribution in [2.75, 3.05) is 13.7 Å². The molecule has 0 aliphatic rings. The van der Waals surface area contributed by atoms with Gasteiger partial charge in [-0.2, -0.15) is 0 Å². The first kappa shape index (κ1) is 20.1. The maximum absolute atomic E-state index is 12.0. The van der Waals surface area contributed by atoms with Crippen LogP contribution in [0.5, 0.6) is 0 Å². The molecule has 0 saturated carbocycles. The number of carbonyl (C=O) groups excluding carboxylic acids is 2. The predicted octanol–water partition coefficient (Wildman–Crippen LogP) is 1.62. The Morgan fingerprint density at radius 3 is 2.46 bits per heavy atom. The van der Waals surface area contributed by atoms with Crippen LogP contribution in [-0.2, 0) is 25.7 Å². The summed E-state index contributed by atoms with van der Waals surface area (Å²) in [5.41, 5.74) is 6.93. The summed E-state index contributed by atoms with van der Waals surface area (Å²) in [5, 5.41) is 2.65. The predicted molar refractivity (Wildman–Crippen MR) is 92.1 cm³/mol. The number of hydrogen-bond acceptors (Lipinski definition) is 5. The number of rotatable bonds is 10. The molecule has 2 unspecified atom stereocenters. The molecule has 1 rings (SSSR count). The van der Waals surface area contributed by atoms with Crippen molar-refractivity contribution >= 4 is 11.9 Å². The molecule has 1 aromatic rings. The Morgan fingerprint density at radius 2 is 1.88 bits per heavy atom. The second kappa shape index (κ2) is 10.8. The first-order valence-electron chi connectivity index (χ1n) is 8.18. The van der Waals surface area contributed by atoms with Gasteiger partial charge in [-0.25, -0.2) is 4.79 Å². The van der Waals surface area contributed by atoms with Gasteiger partial charge in [-0.15, -0.1) is 0 Å². The molecule has 2 atom stereocenters. The quantitative estimate of drug-likeness (QED) is 0.634. The third-order valence-electron chi connectivity index (χ3n) is 3.78. The van der Waals surface area contributed by atoms with E-state index in [1.165, 1.54) is 7.11 Å². The Hall–Kier alpha value is -1.92. The molecule has 0 heterocycles. The number of methoxy groups -OCH3 is 1. The molecule has 0 saturated heterocycles. The van der Waals surface area contributed by atoms with Crippen molar-refractivity contribution in [1.29, 1.82) is 0 Å². The van der Waals surface area contributed by atoms with Crippen molar-refractivity contribution < 1.29 is 19.1 Å². The van der Waals surface area contributed by atoms with Gasteiger partial charge in [-0.1, -0.05) is 44.2 Å². The second-order valence-corrected chi connectivity index (χ2v) is 6.09. The van der Waals surface area contributed by atoms with Crippen LogP contribution < -0.4 is 11.1 Å². The molecule has 0 fully saturated rings. The fourth-order valence-electron chi connectivity index (χ4n) is 2.08. The number of nitrogens with two attached hydrogens (primary N) is 1. The monoisotopic (exact) mass is 336 g/mol. The van der Waals surface area contributed by atoms with E-state index in [0.717, 1.165) is 5.56 Å². The molecule has 0 radical (unpaired) electrons. The topological polar surface area (TPSA) is 90.6 Å². The lowest BCUT2D eigenvalue weighted by molar-refractivity contribution is -0.147. The third kappa shape index (κ3) is 7.57. The highest BCUT2D eigenvalue weighted by molar-refractivity contribution is 5.84. The zero-order chi connectivity index (χ0) is 17.9. The molecule has 0 bridgehead atoms. The lowest BCUT2D eigenvalue weighted by Crippen LogP contribution is -2.45. The molecular formula is C18H28N2O4. The molecule has 3 N–H and O–H groups in total. The lowest BCUT2D eigenvalue weighted by atomic mass is 10.0. The molecule has 0 aliphatic heterocycles. The first-order valence-corrected chi connectivity index (χ1v) is 8.18. The zero-order valence-corrected chi connectivity index (χ0v) is 14.7. The maximum atomic E-state index is 12.0. The fraction of sp³-hybridized carbons (Fsp3) is 0.556. The van der Waals surface area contributed by atoms with E-state index >= 15 is 0 Å². The molecule has 24 heavy (non-hydrogen) atoms. The van der Waals surface area contributed by atoms with Crippen LogP contribution in [-0.4, -0.2) is 37.7 Å². The molecule has 6 heteroatoms. The van der Waals surface area contributed by atoms with E-state index in [1.54, 1.807) is 0 Å². The highest BCUT2D eigenvalue weighted by Gasteiger charge is 2.22. The second-order valence-electron chi connectivity index (χ2n) is 6.09. The Labute approximate surface area is 143 Å². The van der Waals surface area contributed by atoms with Gasteiger partial charge in [-0.05, 0) is 17.9 Å². The molecule has 0 spiro atoms. The van der Waals surface area contributed by atoms with E-state index in [1.807, 2.05) is 44.2 Å². The lowest BCUT2D eigenvalue weighted by Gasteiger charge is -2.18. The van der Waals surface area contributed by atoms with Crippen LogP contribution in [0.1, 0.15) is 32.3 Å². The molecule has 0 aliphatic carbocycles. The Bertz CT molecular complexity index is 505. The van der Waals surface area contributed by atoms with Crippen molar-refractivity contribution in [2.45, 2.75) is 45.4 Å². The standard InChI is InChI=1S/C18H28N2O4/c1-13(2)15(19)9-10-17(21)20-16(18(22)23-3)12-24-11-14-7-5-4-6-8-14/h4-8,13,15-16H,9-12,19H2,1-3H3,(H,20,21). The molecular weight excluding hydrogens is 308 g/mol. The van der Waals surface area contributed by atoms with E-state index < -0.39 is 12.0 Å². The summed E-state index contributed by atoms with van der Waals surface area (Å²) in [5.74, 6) is -0.446. The Balaban J connectivity index is 2.44. The number of hydrogen-bond donors (Lipinski definition) is 2. The van der Waals surface area contributed by atoms with Crippen LogP contribution in [0.15, 0.2) is 30.3 Å². The first-order chi connectivity index (χ1) is 11.4. The molecule has 1 aromatic carbocycles. The molecule has 0 aromatic heterocycles. The third-order valence-corrected chi connectivity index (χ3v) is 3.78. The van der Waals surface area contributed by atoms with Crippen molar-refractivity contribution in [1.82, 2.24) is 5.32 Å². The summed E-state index contributed by atoms with van der Waals surface area (Å²) < 4.78 is 10.3. The fourth-order valence-corrected chi connectivity index (χ4v) is 2.08. The molecule has 1 amide bonds. The van der Waals surface area contributed by atoms with Crippen LogP contribution >= 0.6 is 0 Å². The van der Waals surface area contributed by atoms with Crippen molar-refractivity contribution in [3.8, 4) is 0 Å². The number of benzene rings is 1. The number of amides is 1. The van der Waals surface area contributed by atoms with E-state index in [0.29, 0.717) is 18.9 Å². The van der Waals surface area contributed by atoms with Crippen molar-refractivity contribution in [3.05, 3.63) is 35.9 Å². The minimum Gasteiger partial charge on any atom is -0.467 e. The van der Waals surface area contributed by atoms with Gasteiger partial charge >= 0.3 is 5.97 Å². The Morgan fingerprint density at radius 1 is 1.21 bits per heavy atom. The van der Waals surface area contributed by atoms with Crippen LogP contribution in [0.2, 0.25) is 0 Å². The van der Waals surface area contributed by atoms with Crippen LogP contribution in [0.3, 0.4) is 0 Å². The van der Waals surface area contributed by atoms with Crippen molar-refractivity contribution in [3.63, 3.8) is 0 Å². The van der Waals surface area contributed by atoms with E-state index in [-0.39, 0.29) is 25.0 Å². The van der Waals surface area contributed by atoms with Gasteiger partial charge in [0.2, 0.25) is 5.91 Å². The average molecular weight is 336 g/mol. The highest BCUT2D eigenvalue weighted by atomic mass is 16.5. The summed E-state index contributed by atoms with van der Waals surface area (Å²) in [6.45, 7) is 4.44. The molecule has 6 nitrogen and oxygen atoms in total. The van der Waals surface area contributed by atoms with E-state index in [9.17, 15) is 9.59 Å². The van der Waals surface area contributed by atoms with E-state index in [2.05, 4.69) is 5.32 Å². The van der Waals surface area contributed by atoms with Gasteiger partial charge in [0.15, 0.2) is 6.04 Å². The Kier molecular flexibility index (Phi) is 9.04. The van der Waals surface area contributed by atoms with Crippen LogP contribution in [0.4, 0.5) is 0 Å². The minimum atomic E-state index is -0.818. The van der Waals surface area contributed by atoms with Gasteiger partial charge in [0.05, 0.1) is 20.3 Å². The smallest absolute Gasteiger partial charge is 0.330 e. The average Bonchev–Trinajstić information content (AvgIpc) is 2.58.